The first-order chi connectivity index (χ1) is 16.6. The molecule has 0 bridgehead atoms. The number of hydrogen-bond donors (Lipinski definition) is 1. The standard InChI is InChI=1S/C26H28N2O6S/c1-18-14-15-21(35(31,32)28(3)4)16-23(18)27-26(30)19(2)34-25(29)17-33-24-13-9-8-12-22(24)20-10-6-5-7-11-20/h5-16,19H,17H2,1-4H3,(H,27,30). The number of nitrogens with zero attached hydrogens (tertiary/aromatic N) is 1. The van der Waals surface area contributed by atoms with Crippen LogP contribution in [0, 0.1) is 6.92 Å². The normalized spacial score (nSPS) is 12.1. The van der Waals surface area contributed by atoms with Crippen LogP contribution in [0.25, 0.3) is 11.1 Å². The Labute approximate surface area is 205 Å². The highest BCUT2D eigenvalue weighted by molar-refractivity contribution is 7.89. The highest BCUT2D eigenvalue weighted by Crippen LogP contribution is 2.29. The SMILES string of the molecule is Cc1ccc(S(=O)(=O)N(C)C)cc1NC(=O)C(C)OC(=O)COc1ccccc1-c1ccccc1. The molecule has 0 saturated carbocycles. The molecule has 35 heavy (non-hydrogen) atoms. The lowest BCUT2D eigenvalue weighted by Crippen LogP contribution is -2.32. The largest absolute Gasteiger partial charge is 0.481 e. The van der Waals surface area contributed by atoms with Crippen LogP contribution in [0.5, 0.6) is 5.75 Å². The molecule has 0 radical (unpaired) electrons. The fourth-order valence-electron chi connectivity index (χ4n) is 3.21. The Morgan fingerprint density at radius 3 is 2.31 bits per heavy atom. The topological polar surface area (TPSA) is 102 Å². The molecular formula is C26H28N2O6S. The van der Waals surface area contributed by atoms with E-state index in [2.05, 4.69) is 5.32 Å². The molecule has 3 aromatic rings. The van der Waals surface area contributed by atoms with Gasteiger partial charge in [0.15, 0.2) is 12.7 Å². The van der Waals surface area contributed by atoms with Gasteiger partial charge in [-0.3, -0.25) is 4.79 Å². The summed E-state index contributed by atoms with van der Waals surface area (Å²) in [4.78, 5) is 25.0. The van der Waals surface area contributed by atoms with E-state index in [9.17, 15) is 18.0 Å². The molecular weight excluding hydrogens is 468 g/mol. The molecule has 1 unspecified atom stereocenters. The number of rotatable bonds is 9. The van der Waals surface area contributed by atoms with Crippen LogP contribution in [-0.4, -0.2) is 51.4 Å². The van der Waals surface area contributed by atoms with E-state index in [0.717, 1.165) is 15.4 Å². The van der Waals surface area contributed by atoms with Gasteiger partial charge in [0.25, 0.3) is 5.91 Å². The van der Waals surface area contributed by atoms with Crippen molar-refractivity contribution in [3.63, 3.8) is 0 Å². The molecule has 0 aromatic heterocycles. The molecule has 1 N–H and O–H groups in total. The summed E-state index contributed by atoms with van der Waals surface area (Å²) < 4.78 is 36.8. The van der Waals surface area contributed by atoms with Gasteiger partial charge in [0, 0.05) is 25.3 Å². The van der Waals surface area contributed by atoms with Crippen molar-refractivity contribution in [2.45, 2.75) is 24.8 Å². The zero-order valence-electron chi connectivity index (χ0n) is 20.0. The minimum absolute atomic E-state index is 0.0403. The predicted octanol–water partition coefficient (Wildman–Crippen LogP) is 3.86. The smallest absolute Gasteiger partial charge is 0.344 e. The summed E-state index contributed by atoms with van der Waals surface area (Å²) in [7, 11) is -0.817. The van der Waals surface area contributed by atoms with E-state index in [-0.39, 0.29) is 11.5 Å². The summed E-state index contributed by atoms with van der Waals surface area (Å²) in [5.41, 5.74) is 2.75. The van der Waals surface area contributed by atoms with Gasteiger partial charge in [-0.1, -0.05) is 54.6 Å². The molecule has 0 aliphatic heterocycles. The summed E-state index contributed by atoms with van der Waals surface area (Å²) in [6.07, 6.45) is -1.12. The van der Waals surface area contributed by atoms with Crippen molar-refractivity contribution in [1.29, 1.82) is 0 Å². The second-order valence-corrected chi connectivity index (χ2v) is 10.2. The molecule has 3 rings (SSSR count). The number of aryl methyl sites for hydroxylation is 1. The lowest BCUT2D eigenvalue weighted by atomic mass is 10.1. The molecule has 0 saturated heterocycles. The van der Waals surface area contributed by atoms with Gasteiger partial charge in [0.1, 0.15) is 5.75 Å². The zero-order chi connectivity index (χ0) is 25.6. The van der Waals surface area contributed by atoms with Crippen molar-refractivity contribution in [3.05, 3.63) is 78.4 Å². The molecule has 8 nitrogen and oxygen atoms in total. The van der Waals surface area contributed by atoms with Crippen LogP contribution < -0.4 is 10.1 Å². The van der Waals surface area contributed by atoms with Crippen LogP contribution in [0.4, 0.5) is 5.69 Å². The molecule has 1 amide bonds. The summed E-state index contributed by atoms with van der Waals surface area (Å²) in [6, 6.07) is 21.4. The number of ether oxygens (including phenoxy) is 2. The van der Waals surface area contributed by atoms with Crippen molar-refractivity contribution in [3.8, 4) is 16.9 Å². The van der Waals surface area contributed by atoms with Gasteiger partial charge >= 0.3 is 5.97 Å². The van der Waals surface area contributed by atoms with E-state index in [1.807, 2.05) is 42.5 Å². The maximum atomic E-state index is 12.6. The maximum Gasteiger partial charge on any atom is 0.344 e. The third kappa shape index (κ3) is 6.46. The van der Waals surface area contributed by atoms with Crippen LogP contribution in [-0.2, 0) is 24.3 Å². The van der Waals surface area contributed by atoms with Gasteiger partial charge in [0.2, 0.25) is 10.0 Å². The van der Waals surface area contributed by atoms with Gasteiger partial charge in [-0.2, -0.15) is 0 Å². The van der Waals surface area contributed by atoms with Crippen LogP contribution in [0.3, 0.4) is 0 Å². The minimum atomic E-state index is -3.67. The van der Waals surface area contributed by atoms with E-state index in [0.29, 0.717) is 17.0 Å². The van der Waals surface area contributed by atoms with Crippen molar-refractivity contribution in [2.75, 3.05) is 26.0 Å². The number of hydrogen-bond acceptors (Lipinski definition) is 6. The van der Waals surface area contributed by atoms with E-state index in [1.165, 1.54) is 33.2 Å². The summed E-state index contributed by atoms with van der Waals surface area (Å²) in [5, 5.41) is 2.63. The lowest BCUT2D eigenvalue weighted by Gasteiger charge is -2.17. The van der Waals surface area contributed by atoms with Crippen LogP contribution in [0.15, 0.2) is 77.7 Å². The Hall–Kier alpha value is -3.69. The number of sulfonamides is 1. The highest BCUT2D eigenvalue weighted by Gasteiger charge is 2.22. The lowest BCUT2D eigenvalue weighted by molar-refractivity contribution is -0.155. The number of carbonyl (C=O) groups is 2. The monoisotopic (exact) mass is 496 g/mol. The Bertz CT molecular complexity index is 1310. The first-order valence-electron chi connectivity index (χ1n) is 10.9. The third-order valence-electron chi connectivity index (χ3n) is 5.24. The van der Waals surface area contributed by atoms with Gasteiger partial charge < -0.3 is 14.8 Å². The van der Waals surface area contributed by atoms with Crippen molar-refractivity contribution in [1.82, 2.24) is 4.31 Å². The van der Waals surface area contributed by atoms with Crippen molar-refractivity contribution < 1.29 is 27.5 Å². The number of amides is 1. The fraction of sp³-hybridized carbons (Fsp3) is 0.231. The summed E-state index contributed by atoms with van der Waals surface area (Å²) in [6.45, 7) is 2.79. The number of carbonyl (C=O) groups excluding carboxylic acids is 2. The first-order valence-corrected chi connectivity index (χ1v) is 12.3. The molecule has 3 aromatic carbocycles. The third-order valence-corrected chi connectivity index (χ3v) is 7.05. The van der Waals surface area contributed by atoms with E-state index >= 15 is 0 Å². The number of para-hydroxylation sites is 1. The molecule has 9 heteroatoms. The van der Waals surface area contributed by atoms with Crippen molar-refractivity contribution >= 4 is 27.6 Å². The summed E-state index contributed by atoms with van der Waals surface area (Å²) >= 11 is 0. The molecule has 0 aliphatic carbocycles. The maximum absolute atomic E-state index is 12.6. The van der Waals surface area contributed by atoms with Gasteiger partial charge in [-0.25, -0.2) is 17.5 Å². The molecule has 0 spiro atoms. The fourth-order valence-corrected chi connectivity index (χ4v) is 4.14. The average Bonchev–Trinajstić information content (AvgIpc) is 2.84. The van der Waals surface area contributed by atoms with Crippen molar-refractivity contribution in [2.24, 2.45) is 0 Å². The summed E-state index contributed by atoms with van der Waals surface area (Å²) in [5.74, 6) is -0.788. The highest BCUT2D eigenvalue weighted by atomic mass is 32.2. The number of benzene rings is 3. The van der Waals surface area contributed by atoms with E-state index < -0.39 is 28.0 Å². The minimum Gasteiger partial charge on any atom is -0.481 e. The number of esters is 1. The Balaban J connectivity index is 1.62. The van der Waals surface area contributed by atoms with Crippen LogP contribution >= 0.6 is 0 Å². The van der Waals surface area contributed by atoms with Gasteiger partial charge in [0.05, 0.1) is 4.90 Å². The number of anilines is 1. The van der Waals surface area contributed by atoms with Gasteiger partial charge in [-0.15, -0.1) is 0 Å². The molecule has 0 fully saturated rings. The Morgan fingerprint density at radius 2 is 1.63 bits per heavy atom. The predicted molar refractivity (Wildman–Crippen MR) is 134 cm³/mol. The zero-order valence-corrected chi connectivity index (χ0v) is 20.8. The number of nitrogens with one attached hydrogen (secondary N) is 1. The van der Waals surface area contributed by atoms with Crippen LogP contribution in [0.1, 0.15) is 12.5 Å². The quantitative estimate of drug-likeness (QED) is 0.452. The second kappa shape index (κ2) is 11.2. The molecule has 0 aliphatic rings. The van der Waals surface area contributed by atoms with E-state index in [1.54, 1.807) is 25.1 Å². The second-order valence-electron chi connectivity index (χ2n) is 8.04. The van der Waals surface area contributed by atoms with Gasteiger partial charge in [-0.05, 0) is 43.2 Å². The molecule has 184 valence electrons. The Kier molecular flexibility index (Phi) is 8.26. The molecule has 0 heterocycles. The van der Waals surface area contributed by atoms with Crippen LogP contribution in [0.2, 0.25) is 0 Å². The Morgan fingerprint density at radius 1 is 0.971 bits per heavy atom. The van der Waals surface area contributed by atoms with E-state index in [4.69, 9.17) is 9.47 Å². The molecule has 1 atom stereocenters. The first kappa shape index (κ1) is 25.9. The average molecular weight is 497 g/mol.